The number of aromatic amines is 1. The van der Waals surface area contributed by atoms with E-state index in [-0.39, 0.29) is 11.7 Å². The number of hydrogen-bond donors (Lipinski definition) is 3. The number of hydrogen-bond acceptors (Lipinski definition) is 3. The quantitative estimate of drug-likeness (QED) is 0.589. The second-order valence-electron chi connectivity index (χ2n) is 7.50. The van der Waals surface area contributed by atoms with Crippen LogP contribution in [0, 0.1) is 5.82 Å². The second kappa shape index (κ2) is 7.35. The highest BCUT2D eigenvalue weighted by Crippen LogP contribution is 2.40. The zero-order valence-electron chi connectivity index (χ0n) is 16.1. The summed E-state index contributed by atoms with van der Waals surface area (Å²) in [5, 5.41) is -1.23. The maximum atomic E-state index is 14.9. The van der Waals surface area contributed by atoms with Crippen molar-refractivity contribution in [3.8, 4) is 11.3 Å². The molecule has 0 aliphatic carbocycles. The van der Waals surface area contributed by atoms with Crippen LogP contribution in [0.25, 0.3) is 22.2 Å². The fourth-order valence-electron chi connectivity index (χ4n) is 3.94. The van der Waals surface area contributed by atoms with Crippen molar-refractivity contribution < 1.29 is 14.0 Å². The summed E-state index contributed by atoms with van der Waals surface area (Å²) in [5.41, 5.74) is 11.0. The lowest BCUT2D eigenvalue weighted by molar-refractivity contribution is -0.000557. The summed E-state index contributed by atoms with van der Waals surface area (Å²) < 4.78 is 14.9. The van der Waals surface area contributed by atoms with Crippen LogP contribution in [0.3, 0.4) is 0 Å². The van der Waals surface area contributed by atoms with Gasteiger partial charge in [0, 0.05) is 27.4 Å². The van der Waals surface area contributed by atoms with Gasteiger partial charge in [0.2, 0.25) is 0 Å². The summed E-state index contributed by atoms with van der Waals surface area (Å²) in [5.74, 6) is -0.714. The van der Waals surface area contributed by atoms with E-state index in [1.165, 1.54) is 6.07 Å². The third kappa shape index (κ3) is 3.36. The van der Waals surface area contributed by atoms with Crippen LogP contribution in [-0.2, 0) is 10.2 Å². The van der Waals surface area contributed by atoms with Crippen molar-refractivity contribution in [2.75, 3.05) is 6.54 Å². The molecule has 4 N–H and O–H groups in total. The predicted octanol–water partition coefficient (Wildman–Crippen LogP) is 2.94. The lowest BCUT2D eigenvalue weighted by Crippen LogP contribution is -2.37. The van der Waals surface area contributed by atoms with Crippen LogP contribution < -0.4 is 11.2 Å². The maximum absolute atomic E-state index is 14.9. The summed E-state index contributed by atoms with van der Waals surface area (Å²) in [6.45, 7) is 2.55. The summed E-state index contributed by atoms with van der Waals surface area (Å²) in [6, 6.07) is 10.2. The van der Waals surface area contributed by atoms with E-state index in [1.807, 2.05) is 13.0 Å². The molecule has 144 valence electrons. The topological polar surface area (TPSA) is 80.1 Å². The van der Waals surface area contributed by atoms with E-state index in [1.54, 1.807) is 24.3 Å². The first-order chi connectivity index (χ1) is 13.8. The molecule has 8 heteroatoms. The molecule has 0 saturated carbocycles. The molecule has 1 unspecified atom stereocenters. The zero-order valence-corrected chi connectivity index (χ0v) is 16.1. The van der Waals surface area contributed by atoms with Crippen LogP contribution >= 0.6 is 0 Å². The highest BCUT2D eigenvalue weighted by molar-refractivity contribution is 6.40. The molecule has 0 fully saturated rings. The third-order valence-corrected chi connectivity index (χ3v) is 5.43. The van der Waals surface area contributed by atoms with E-state index in [0.29, 0.717) is 45.4 Å². The monoisotopic (exact) mass is 387 g/mol. The van der Waals surface area contributed by atoms with Gasteiger partial charge in [-0.05, 0) is 49.1 Å². The number of hydroxylamine groups is 1. The van der Waals surface area contributed by atoms with E-state index in [0.717, 1.165) is 12.8 Å². The molecule has 1 atom stereocenters. The lowest BCUT2D eigenvalue weighted by atomic mass is 9.60. The normalized spacial score (nSPS) is 16.4. The lowest BCUT2D eigenvalue weighted by Gasteiger charge is -2.25. The van der Waals surface area contributed by atoms with Gasteiger partial charge >= 0.3 is 0 Å². The van der Waals surface area contributed by atoms with Gasteiger partial charge in [0.15, 0.2) is 0 Å². The fourth-order valence-corrected chi connectivity index (χ4v) is 3.94. The number of H-pyrrole nitrogens is 1. The van der Waals surface area contributed by atoms with Gasteiger partial charge in [0.25, 0.3) is 5.91 Å². The number of carbonyl (C=O) groups excluding carboxylic acids is 1. The van der Waals surface area contributed by atoms with Crippen molar-refractivity contribution in [3.63, 3.8) is 0 Å². The first-order valence-corrected chi connectivity index (χ1v) is 9.54. The van der Waals surface area contributed by atoms with Gasteiger partial charge in [-0.1, -0.05) is 25.1 Å². The molecule has 4 radical (unpaired) electrons. The smallest absolute Gasteiger partial charge is 0.275 e. The molecule has 3 aromatic rings. The Labute approximate surface area is 171 Å². The molecule has 0 saturated heterocycles. The molecule has 1 aliphatic heterocycles. The number of benzene rings is 2. The van der Waals surface area contributed by atoms with Gasteiger partial charge in [-0.2, -0.15) is 0 Å². The molecular weight excluding hydrogens is 367 g/mol. The first kappa shape index (κ1) is 19.7. The Balaban J connectivity index is 1.87. The number of halogens is 1. The van der Waals surface area contributed by atoms with Gasteiger partial charge in [-0.25, -0.2) is 9.87 Å². The number of nitrogens with one attached hydrogen (secondary N) is 2. The van der Waals surface area contributed by atoms with Crippen LogP contribution in [0.2, 0.25) is 0 Å². The molecule has 0 spiro atoms. The van der Waals surface area contributed by atoms with Crippen LogP contribution in [0.4, 0.5) is 4.39 Å². The average molecular weight is 387 g/mol. The minimum absolute atomic E-state index is 0.0525. The predicted molar refractivity (Wildman–Crippen MR) is 112 cm³/mol. The van der Waals surface area contributed by atoms with Crippen molar-refractivity contribution in [3.05, 3.63) is 58.9 Å². The highest BCUT2D eigenvalue weighted by Gasteiger charge is 2.34. The molecule has 5 nitrogen and oxygen atoms in total. The largest absolute Gasteiger partial charge is 0.354 e. The van der Waals surface area contributed by atoms with Crippen LogP contribution in [0.5, 0.6) is 0 Å². The van der Waals surface area contributed by atoms with Gasteiger partial charge < -0.3 is 10.7 Å². The number of carbonyl (C=O) groups is 1. The zero-order chi connectivity index (χ0) is 20.8. The van der Waals surface area contributed by atoms with E-state index >= 15 is 0 Å². The van der Waals surface area contributed by atoms with E-state index in [9.17, 15) is 9.18 Å². The molecule has 1 aromatic heterocycles. The van der Waals surface area contributed by atoms with Crippen molar-refractivity contribution in [1.29, 1.82) is 0 Å². The number of amides is 1. The fraction of sp³-hybridized carbons (Fsp3) is 0.286. The Morgan fingerprint density at radius 3 is 2.79 bits per heavy atom. The Bertz CT molecular complexity index is 1100. The molecule has 4 rings (SSSR count). The SMILES string of the molecule is [B]C1([B])ONC(=O)c2cccc3[nH]c(-c4ccc(C(C)CCCN)c(F)c4)c1c23. The van der Waals surface area contributed by atoms with Crippen molar-refractivity contribution >= 4 is 32.5 Å². The van der Waals surface area contributed by atoms with E-state index in [4.69, 9.17) is 26.3 Å². The average Bonchev–Trinajstić information content (AvgIpc) is 3.06. The van der Waals surface area contributed by atoms with Crippen molar-refractivity contribution in [2.45, 2.75) is 31.1 Å². The van der Waals surface area contributed by atoms with Gasteiger partial charge in [0.1, 0.15) is 21.5 Å². The number of aromatic nitrogens is 1. The Morgan fingerprint density at radius 2 is 2.07 bits per heavy atom. The summed E-state index contributed by atoms with van der Waals surface area (Å²) in [7, 11) is 12.4. The molecule has 29 heavy (non-hydrogen) atoms. The first-order valence-electron chi connectivity index (χ1n) is 9.54. The standard InChI is InChI=1S/C21H20B2FN3O2/c1-11(4-3-9-25)13-8-7-12(10-15(13)24)19-18-17-14(5-2-6-16(17)26-19)20(28)27-29-21(18,22)23/h2,5-8,10-11,26H,3-4,9,25H2,1H3,(H,27,28). The van der Waals surface area contributed by atoms with Gasteiger partial charge in [-0.3, -0.25) is 9.63 Å². The molecular formula is C21H20B2FN3O2. The van der Waals surface area contributed by atoms with Crippen molar-refractivity contribution in [2.24, 2.45) is 5.73 Å². The minimum Gasteiger partial charge on any atom is -0.354 e. The third-order valence-electron chi connectivity index (χ3n) is 5.43. The maximum Gasteiger partial charge on any atom is 0.275 e. The van der Waals surface area contributed by atoms with Crippen molar-refractivity contribution in [1.82, 2.24) is 10.5 Å². The minimum atomic E-state index is -1.79. The van der Waals surface area contributed by atoms with Crippen LogP contribution in [-0.4, -0.2) is 33.1 Å². The second-order valence-corrected chi connectivity index (χ2v) is 7.50. The van der Waals surface area contributed by atoms with Gasteiger partial charge in [-0.15, -0.1) is 0 Å². The van der Waals surface area contributed by atoms with Gasteiger partial charge in [0.05, 0.1) is 11.3 Å². The van der Waals surface area contributed by atoms with Crippen LogP contribution in [0.15, 0.2) is 36.4 Å². The summed E-state index contributed by atoms with van der Waals surface area (Å²) >= 11 is 0. The summed E-state index contributed by atoms with van der Waals surface area (Å²) in [4.78, 5) is 20.8. The Kier molecular flexibility index (Phi) is 5.00. The molecule has 2 heterocycles. The van der Waals surface area contributed by atoms with Crippen LogP contribution in [0.1, 0.15) is 47.2 Å². The molecule has 1 amide bonds. The Hall–Kier alpha value is -2.57. The molecule has 0 bridgehead atoms. The molecule has 1 aliphatic rings. The number of rotatable bonds is 5. The Morgan fingerprint density at radius 1 is 1.28 bits per heavy atom. The summed E-state index contributed by atoms with van der Waals surface area (Å²) in [6.07, 6.45) is 1.64. The highest BCUT2D eigenvalue weighted by atomic mass is 19.1. The number of nitrogens with two attached hydrogens (primary N) is 1. The van der Waals surface area contributed by atoms with E-state index < -0.39 is 11.3 Å². The molecule has 2 aromatic carbocycles. The van der Waals surface area contributed by atoms with E-state index in [2.05, 4.69) is 10.5 Å².